The van der Waals surface area contributed by atoms with Crippen LogP contribution in [0, 0.1) is 5.41 Å². The van der Waals surface area contributed by atoms with E-state index < -0.39 is 0 Å². The van der Waals surface area contributed by atoms with Crippen LogP contribution in [0.25, 0.3) is 5.69 Å². The fourth-order valence-electron chi connectivity index (χ4n) is 3.15. The number of hydrogen-bond donors (Lipinski definition) is 1. The Hall–Kier alpha value is -2.10. The van der Waals surface area contributed by atoms with Gasteiger partial charge in [-0.15, -0.1) is 0 Å². The molecule has 0 saturated carbocycles. The van der Waals surface area contributed by atoms with Gasteiger partial charge in [-0.3, -0.25) is 4.79 Å². The van der Waals surface area contributed by atoms with Crippen molar-refractivity contribution in [2.24, 2.45) is 5.41 Å². The van der Waals surface area contributed by atoms with Gasteiger partial charge < -0.3 is 5.32 Å². The quantitative estimate of drug-likeness (QED) is 0.914. The van der Waals surface area contributed by atoms with Gasteiger partial charge in [0, 0.05) is 11.7 Å². The standard InChI is InChI=1S/C19H27N3O/c1-18(2,3)14-19(4,5)21-17(23)11-15-12-20-22(13-15)16-9-7-6-8-10-16/h6-10,12-13H,11,14H2,1-5H3,(H,21,23). The third kappa shape index (κ3) is 5.55. The molecule has 0 fully saturated rings. The van der Waals surface area contributed by atoms with Gasteiger partial charge in [-0.2, -0.15) is 5.10 Å². The molecular weight excluding hydrogens is 286 g/mol. The molecule has 0 bridgehead atoms. The first-order valence-electron chi connectivity index (χ1n) is 8.05. The molecule has 1 aromatic carbocycles. The largest absolute Gasteiger partial charge is 0.351 e. The Labute approximate surface area is 138 Å². The van der Waals surface area contributed by atoms with Gasteiger partial charge in [0.05, 0.1) is 18.3 Å². The van der Waals surface area contributed by atoms with E-state index in [1.54, 1.807) is 10.9 Å². The summed E-state index contributed by atoms with van der Waals surface area (Å²) in [5.74, 6) is 0.0341. The van der Waals surface area contributed by atoms with Crippen LogP contribution < -0.4 is 5.32 Å². The van der Waals surface area contributed by atoms with Crippen molar-refractivity contribution in [3.63, 3.8) is 0 Å². The molecule has 2 aromatic rings. The fraction of sp³-hybridized carbons (Fsp3) is 0.474. The average molecular weight is 313 g/mol. The van der Waals surface area contributed by atoms with E-state index in [1.807, 2.05) is 36.5 Å². The van der Waals surface area contributed by atoms with Gasteiger partial charge in [-0.25, -0.2) is 4.68 Å². The lowest BCUT2D eigenvalue weighted by molar-refractivity contribution is -0.122. The first kappa shape index (κ1) is 17.3. The van der Waals surface area contributed by atoms with Crippen molar-refractivity contribution < 1.29 is 4.79 Å². The zero-order valence-electron chi connectivity index (χ0n) is 14.8. The molecule has 4 heteroatoms. The van der Waals surface area contributed by atoms with Crippen LogP contribution in [0.2, 0.25) is 0 Å². The predicted octanol–water partition coefficient (Wildman–Crippen LogP) is 3.75. The summed E-state index contributed by atoms with van der Waals surface area (Å²) < 4.78 is 1.79. The minimum Gasteiger partial charge on any atom is -0.351 e. The van der Waals surface area contributed by atoms with Gasteiger partial charge in [0.15, 0.2) is 0 Å². The normalized spacial score (nSPS) is 12.2. The third-order valence-corrected chi connectivity index (χ3v) is 3.47. The van der Waals surface area contributed by atoms with Crippen LogP contribution in [0.3, 0.4) is 0 Å². The predicted molar refractivity (Wildman–Crippen MR) is 93.6 cm³/mol. The number of nitrogens with one attached hydrogen (secondary N) is 1. The Morgan fingerprint density at radius 3 is 2.39 bits per heavy atom. The van der Waals surface area contributed by atoms with Gasteiger partial charge in [-0.1, -0.05) is 39.0 Å². The number of rotatable bonds is 5. The molecule has 1 aromatic heterocycles. The minimum atomic E-state index is -0.218. The highest BCUT2D eigenvalue weighted by Gasteiger charge is 2.27. The maximum absolute atomic E-state index is 12.3. The van der Waals surface area contributed by atoms with Crippen molar-refractivity contribution in [3.8, 4) is 5.69 Å². The molecule has 0 aliphatic heterocycles. The minimum absolute atomic E-state index is 0.0341. The van der Waals surface area contributed by atoms with Crippen LogP contribution in [0.5, 0.6) is 0 Å². The van der Waals surface area contributed by atoms with E-state index in [1.165, 1.54) is 0 Å². The first-order valence-corrected chi connectivity index (χ1v) is 8.05. The molecule has 0 radical (unpaired) electrons. The summed E-state index contributed by atoms with van der Waals surface area (Å²) >= 11 is 0. The Balaban J connectivity index is 1.97. The van der Waals surface area contributed by atoms with Crippen molar-refractivity contribution in [3.05, 3.63) is 48.3 Å². The summed E-state index contributed by atoms with van der Waals surface area (Å²) in [7, 11) is 0. The molecule has 0 unspecified atom stereocenters. The number of aromatic nitrogens is 2. The summed E-state index contributed by atoms with van der Waals surface area (Å²) in [4.78, 5) is 12.3. The average Bonchev–Trinajstić information content (AvgIpc) is 2.84. The molecule has 0 saturated heterocycles. The van der Waals surface area contributed by atoms with E-state index in [4.69, 9.17) is 0 Å². The van der Waals surface area contributed by atoms with Crippen molar-refractivity contribution >= 4 is 5.91 Å². The van der Waals surface area contributed by atoms with Gasteiger partial charge in [0.2, 0.25) is 5.91 Å². The van der Waals surface area contributed by atoms with E-state index in [0.29, 0.717) is 6.42 Å². The summed E-state index contributed by atoms with van der Waals surface area (Å²) in [6.45, 7) is 10.7. The Kier molecular flexibility index (Phi) is 4.93. The van der Waals surface area contributed by atoms with Gasteiger partial charge in [-0.05, 0) is 43.4 Å². The molecule has 1 amide bonds. The van der Waals surface area contributed by atoms with Crippen LogP contribution in [0.15, 0.2) is 42.7 Å². The van der Waals surface area contributed by atoms with E-state index in [2.05, 4.69) is 45.0 Å². The van der Waals surface area contributed by atoms with Crippen LogP contribution in [-0.2, 0) is 11.2 Å². The third-order valence-electron chi connectivity index (χ3n) is 3.47. The molecule has 0 spiro atoms. The lowest BCUT2D eigenvalue weighted by atomic mass is 9.81. The summed E-state index contributed by atoms with van der Waals surface area (Å²) in [5.41, 5.74) is 1.87. The van der Waals surface area contributed by atoms with Gasteiger partial charge >= 0.3 is 0 Å². The Morgan fingerprint density at radius 2 is 1.78 bits per heavy atom. The smallest absolute Gasteiger partial charge is 0.224 e. The molecule has 0 aliphatic rings. The Morgan fingerprint density at radius 1 is 1.13 bits per heavy atom. The van der Waals surface area contributed by atoms with Crippen LogP contribution in [0.1, 0.15) is 46.6 Å². The molecule has 0 atom stereocenters. The molecular formula is C19H27N3O. The topological polar surface area (TPSA) is 46.9 Å². The van der Waals surface area contributed by atoms with E-state index >= 15 is 0 Å². The van der Waals surface area contributed by atoms with Crippen molar-refractivity contribution in [1.82, 2.24) is 15.1 Å². The van der Waals surface area contributed by atoms with Crippen LogP contribution in [-0.4, -0.2) is 21.2 Å². The highest BCUT2D eigenvalue weighted by molar-refractivity contribution is 5.79. The number of nitrogens with zero attached hydrogens (tertiary/aromatic N) is 2. The van der Waals surface area contributed by atoms with E-state index in [9.17, 15) is 4.79 Å². The van der Waals surface area contributed by atoms with Gasteiger partial charge in [0.25, 0.3) is 0 Å². The lowest BCUT2D eigenvalue weighted by Crippen LogP contribution is -2.46. The number of amides is 1. The lowest BCUT2D eigenvalue weighted by Gasteiger charge is -2.33. The molecule has 4 nitrogen and oxygen atoms in total. The molecule has 1 heterocycles. The zero-order chi connectivity index (χ0) is 17.1. The highest BCUT2D eigenvalue weighted by atomic mass is 16.1. The van der Waals surface area contributed by atoms with Crippen LogP contribution >= 0.6 is 0 Å². The van der Waals surface area contributed by atoms with E-state index in [0.717, 1.165) is 17.7 Å². The zero-order valence-corrected chi connectivity index (χ0v) is 14.8. The second kappa shape index (κ2) is 6.57. The van der Waals surface area contributed by atoms with Crippen molar-refractivity contribution in [2.45, 2.75) is 53.0 Å². The van der Waals surface area contributed by atoms with Gasteiger partial charge in [0.1, 0.15) is 0 Å². The number of carbonyl (C=O) groups is 1. The fourth-order valence-corrected chi connectivity index (χ4v) is 3.15. The maximum Gasteiger partial charge on any atom is 0.224 e. The monoisotopic (exact) mass is 313 g/mol. The van der Waals surface area contributed by atoms with Crippen molar-refractivity contribution in [2.75, 3.05) is 0 Å². The summed E-state index contributed by atoms with van der Waals surface area (Å²) in [6, 6.07) is 9.89. The first-order chi connectivity index (χ1) is 10.6. The number of benzene rings is 1. The second-order valence-electron chi connectivity index (χ2n) is 7.97. The molecule has 1 N–H and O–H groups in total. The van der Waals surface area contributed by atoms with Crippen LogP contribution in [0.4, 0.5) is 0 Å². The maximum atomic E-state index is 12.3. The second-order valence-corrected chi connectivity index (χ2v) is 7.97. The molecule has 2 rings (SSSR count). The van der Waals surface area contributed by atoms with E-state index in [-0.39, 0.29) is 16.9 Å². The SMILES string of the molecule is CC(C)(C)CC(C)(C)NC(=O)Cc1cnn(-c2ccccc2)c1. The highest BCUT2D eigenvalue weighted by Crippen LogP contribution is 2.26. The molecule has 124 valence electrons. The summed E-state index contributed by atoms with van der Waals surface area (Å²) in [6.07, 6.45) is 4.93. The molecule has 23 heavy (non-hydrogen) atoms. The molecule has 0 aliphatic carbocycles. The number of para-hydroxylation sites is 1. The van der Waals surface area contributed by atoms with Crippen molar-refractivity contribution in [1.29, 1.82) is 0 Å². The summed E-state index contributed by atoms with van der Waals surface area (Å²) in [5, 5.41) is 7.47. The number of hydrogen-bond acceptors (Lipinski definition) is 2. The Bertz CT molecular complexity index is 651. The number of carbonyl (C=O) groups excluding carboxylic acids is 1.